The smallest absolute Gasteiger partial charge is 0.135 e. The molecule has 0 saturated carbocycles. The Morgan fingerprint density at radius 3 is 2.58 bits per heavy atom. The third-order valence-corrected chi connectivity index (χ3v) is 3.62. The van der Waals surface area contributed by atoms with Gasteiger partial charge in [-0.3, -0.25) is 9.69 Å². The first-order valence-electron chi connectivity index (χ1n) is 7.12. The standard InChI is InChI=1S/C16H23NO2/c1-13(2)15-5-3-4-6-16(15)19-12-11-17-9-7-14(18)8-10-17/h3-6,13H,7-12H2,1-2H3. The van der Waals surface area contributed by atoms with Gasteiger partial charge < -0.3 is 4.74 Å². The van der Waals surface area contributed by atoms with Crippen molar-refractivity contribution >= 4 is 5.78 Å². The van der Waals surface area contributed by atoms with Crippen LogP contribution in [-0.2, 0) is 4.79 Å². The maximum Gasteiger partial charge on any atom is 0.135 e. The molecule has 0 spiro atoms. The molecule has 0 unspecified atom stereocenters. The molecule has 1 aliphatic heterocycles. The molecule has 1 fully saturated rings. The zero-order valence-electron chi connectivity index (χ0n) is 11.9. The largest absolute Gasteiger partial charge is 0.492 e. The maximum atomic E-state index is 11.2. The van der Waals surface area contributed by atoms with Crippen LogP contribution in [0.25, 0.3) is 0 Å². The van der Waals surface area contributed by atoms with Crippen LogP contribution in [0.1, 0.15) is 38.2 Å². The van der Waals surface area contributed by atoms with E-state index in [1.807, 2.05) is 12.1 Å². The van der Waals surface area contributed by atoms with Crippen molar-refractivity contribution in [1.82, 2.24) is 4.90 Å². The van der Waals surface area contributed by atoms with Crippen molar-refractivity contribution in [3.05, 3.63) is 29.8 Å². The van der Waals surface area contributed by atoms with Crippen LogP contribution < -0.4 is 4.74 Å². The summed E-state index contributed by atoms with van der Waals surface area (Å²) in [6.45, 7) is 7.72. The van der Waals surface area contributed by atoms with Gasteiger partial charge in [0.2, 0.25) is 0 Å². The van der Waals surface area contributed by atoms with Crippen molar-refractivity contribution in [2.24, 2.45) is 0 Å². The minimum Gasteiger partial charge on any atom is -0.492 e. The van der Waals surface area contributed by atoms with Gasteiger partial charge in [0.05, 0.1) is 0 Å². The molecule has 1 aliphatic rings. The fourth-order valence-corrected chi connectivity index (χ4v) is 2.40. The third-order valence-electron chi connectivity index (χ3n) is 3.62. The number of piperidine rings is 1. The van der Waals surface area contributed by atoms with E-state index < -0.39 is 0 Å². The van der Waals surface area contributed by atoms with Gasteiger partial charge in [-0.25, -0.2) is 0 Å². The van der Waals surface area contributed by atoms with Gasteiger partial charge in [0, 0.05) is 32.5 Å². The number of para-hydroxylation sites is 1. The molecule has 19 heavy (non-hydrogen) atoms. The molecule has 0 atom stereocenters. The lowest BCUT2D eigenvalue weighted by atomic mass is 10.0. The maximum absolute atomic E-state index is 11.2. The molecule has 2 rings (SSSR count). The lowest BCUT2D eigenvalue weighted by molar-refractivity contribution is -0.121. The molecule has 1 aromatic rings. The number of ether oxygens (including phenoxy) is 1. The third kappa shape index (κ3) is 4.06. The van der Waals surface area contributed by atoms with E-state index in [0.29, 0.717) is 31.1 Å². The summed E-state index contributed by atoms with van der Waals surface area (Å²) < 4.78 is 5.90. The highest BCUT2D eigenvalue weighted by Crippen LogP contribution is 2.25. The van der Waals surface area contributed by atoms with E-state index in [9.17, 15) is 4.79 Å². The number of hydrogen-bond donors (Lipinski definition) is 0. The lowest BCUT2D eigenvalue weighted by Crippen LogP contribution is -2.36. The summed E-state index contributed by atoms with van der Waals surface area (Å²) in [6.07, 6.45) is 1.39. The molecule has 0 radical (unpaired) electrons. The Morgan fingerprint density at radius 2 is 1.89 bits per heavy atom. The van der Waals surface area contributed by atoms with Crippen molar-refractivity contribution in [2.75, 3.05) is 26.2 Å². The molecule has 1 saturated heterocycles. The molecular formula is C16H23NO2. The summed E-state index contributed by atoms with van der Waals surface area (Å²) in [5.74, 6) is 1.86. The molecule has 0 aliphatic carbocycles. The van der Waals surface area contributed by atoms with Gasteiger partial charge in [-0.2, -0.15) is 0 Å². The number of ketones is 1. The normalized spacial score (nSPS) is 16.9. The van der Waals surface area contributed by atoms with E-state index in [4.69, 9.17) is 4.74 Å². The number of hydrogen-bond acceptors (Lipinski definition) is 3. The second kappa shape index (κ2) is 6.71. The number of benzene rings is 1. The minimum absolute atomic E-state index is 0.391. The van der Waals surface area contributed by atoms with Crippen LogP contribution in [0.4, 0.5) is 0 Å². The van der Waals surface area contributed by atoms with Crippen molar-refractivity contribution < 1.29 is 9.53 Å². The zero-order valence-corrected chi connectivity index (χ0v) is 11.9. The summed E-state index contributed by atoms with van der Waals surface area (Å²) in [6, 6.07) is 8.23. The van der Waals surface area contributed by atoms with Gasteiger partial charge in [0.1, 0.15) is 18.1 Å². The second-order valence-electron chi connectivity index (χ2n) is 5.42. The first-order valence-corrected chi connectivity index (χ1v) is 7.12. The van der Waals surface area contributed by atoms with E-state index in [2.05, 4.69) is 30.9 Å². The Morgan fingerprint density at radius 1 is 1.21 bits per heavy atom. The van der Waals surface area contributed by atoms with E-state index in [0.717, 1.165) is 25.4 Å². The van der Waals surface area contributed by atoms with E-state index >= 15 is 0 Å². The van der Waals surface area contributed by atoms with Crippen LogP contribution in [0.5, 0.6) is 5.75 Å². The molecule has 0 N–H and O–H groups in total. The molecule has 0 amide bonds. The zero-order chi connectivity index (χ0) is 13.7. The fourth-order valence-electron chi connectivity index (χ4n) is 2.40. The van der Waals surface area contributed by atoms with Gasteiger partial charge in [0.25, 0.3) is 0 Å². The highest BCUT2D eigenvalue weighted by atomic mass is 16.5. The lowest BCUT2D eigenvalue weighted by Gasteiger charge is -2.25. The van der Waals surface area contributed by atoms with Crippen LogP contribution in [0.2, 0.25) is 0 Å². The highest BCUT2D eigenvalue weighted by Gasteiger charge is 2.15. The number of carbonyl (C=O) groups is 1. The van der Waals surface area contributed by atoms with E-state index in [-0.39, 0.29) is 0 Å². The van der Waals surface area contributed by atoms with Crippen LogP contribution in [0.15, 0.2) is 24.3 Å². The number of carbonyl (C=O) groups excluding carboxylic acids is 1. The van der Waals surface area contributed by atoms with Gasteiger partial charge in [-0.05, 0) is 17.5 Å². The Kier molecular flexibility index (Phi) is 4.97. The molecule has 3 heteroatoms. The van der Waals surface area contributed by atoms with Gasteiger partial charge >= 0.3 is 0 Å². The van der Waals surface area contributed by atoms with E-state index in [1.54, 1.807) is 0 Å². The average molecular weight is 261 g/mol. The van der Waals surface area contributed by atoms with Crippen molar-refractivity contribution in [3.8, 4) is 5.75 Å². The Labute approximate surface area is 115 Å². The monoisotopic (exact) mass is 261 g/mol. The van der Waals surface area contributed by atoms with E-state index in [1.165, 1.54) is 5.56 Å². The SMILES string of the molecule is CC(C)c1ccccc1OCCN1CCC(=O)CC1. The Balaban J connectivity index is 1.81. The summed E-state index contributed by atoms with van der Waals surface area (Å²) in [7, 11) is 0. The Hall–Kier alpha value is -1.35. The molecular weight excluding hydrogens is 238 g/mol. The molecule has 0 aromatic heterocycles. The topological polar surface area (TPSA) is 29.5 Å². The average Bonchev–Trinajstić information content (AvgIpc) is 2.41. The second-order valence-corrected chi connectivity index (χ2v) is 5.42. The summed E-state index contributed by atoms with van der Waals surface area (Å²) in [5, 5.41) is 0. The number of rotatable bonds is 5. The molecule has 1 aromatic carbocycles. The first kappa shape index (κ1) is 14.1. The van der Waals surface area contributed by atoms with Crippen LogP contribution in [0.3, 0.4) is 0 Å². The van der Waals surface area contributed by atoms with Gasteiger partial charge in [-0.15, -0.1) is 0 Å². The Bertz CT molecular complexity index is 419. The van der Waals surface area contributed by atoms with Crippen LogP contribution >= 0.6 is 0 Å². The van der Waals surface area contributed by atoms with Gasteiger partial charge in [-0.1, -0.05) is 32.0 Å². The minimum atomic E-state index is 0.391. The van der Waals surface area contributed by atoms with Crippen LogP contribution in [-0.4, -0.2) is 36.9 Å². The summed E-state index contributed by atoms with van der Waals surface area (Å²) in [5.41, 5.74) is 1.26. The van der Waals surface area contributed by atoms with Crippen molar-refractivity contribution in [2.45, 2.75) is 32.6 Å². The fraction of sp³-hybridized carbons (Fsp3) is 0.562. The van der Waals surface area contributed by atoms with Crippen LogP contribution in [0, 0.1) is 0 Å². The molecule has 0 bridgehead atoms. The molecule has 1 heterocycles. The number of Topliss-reactive ketones (excluding diaryl/α,β-unsaturated/α-hetero) is 1. The van der Waals surface area contributed by atoms with Crippen molar-refractivity contribution in [3.63, 3.8) is 0 Å². The number of nitrogens with zero attached hydrogens (tertiary/aromatic N) is 1. The number of likely N-dealkylation sites (tertiary alicyclic amines) is 1. The quantitative estimate of drug-likeness (QED) is 0.816. The van der Waals surface area contributed by atoms with Gasteiger partial charge in [0.15, 0.2) is 0 Å². The predicted molar refractivity (Wildman–Crippen MR) is 76.7 cm³/mol. The molecule has 3 nitrogen and oxygen atoms in total. The highest BCUT2D eigenvalue weighted by molar-refractivity contribution is 5.79. The van der Waals surface area contributed by atoms with Crippen molar-refractivity contribution in [1.29, 1.82) is 0 Å². The summed E-state index contributed by atoms with van der Waals surface area (Å²) in [4.78, 5) is 13.5. The predicted octanol–water partition coefficient (Wildman–Crippen LogP) is 2.85. The molecule has 104 valence electrons. The summed E-state index contributed by atoms with van der Waals surface area (Å²) >= 11 is 0. The first-order chi connectivity index (χ1) is 9.16.